The number of aromatic nitrogens is 2. The van der Waals surface area contributed by atoms with E-state index in [-0.39, 0.29) is 5.41 Å². The molecule has 4 rings (SSSR count). The average Bonchev–Trinajstić information content (AvgIpc) is 2.71. The number of carbonyl (C=O) groups excluding carboxylic acids is 1. The molecular weight excluding hydrogens is 238 g/mol. The van der Waals surface area contributed by atoms with Crippen molar-refractivity contribution in [3.8, 4) is 0 Å². The lowest BCUT2D eigenvalue weighted by molar-refractivity contribution is 0.0815. The predicted molar refractivity (Wildman–Crippen MR) is 72.3 cm³/mol. The van der Waals surface area contributed by atoms with Crippen LogP contribution >= 0.6 is 0 Å². The van der Waals surface area contributed by atoms with Crippen molar-refractivity contribution in [2.24, 2.45) is 5.41 Å². The first-order valence-corrected chi connectivity index (χ1v) is 7.58. The molecular formula is C15H21N3O. The zero-order chi connectivity index (χ0) is 12.9. The molecule has 0 aromatic carbocycles. The van der Waals surface area contributed by atoms with Crippen LogP contribution in [0.5, 0.6) is 0 Å². The maximum atomic E-state index is 12.6. The summed E-state index contributed by atoms with van der Waals surface area (Å²) in [6.45, 7) is 2.11. The van der Waals surface area contributed by atoms with Crippen molar-refractivity contribution in [3.05, 3.63) is 17.5 Å². The van der Waals surface area contributed by atoms with Crippen LogP contribution < -0.4 is 5.32 Å². The lowest BCUT2D eigenvalue weighted by Crippen LogP contribution is -2.42. The van der Waals surface area contributed by atoms with E-state index in [1.54, 1.807) is 0 Å². The Labute approximate surface area is 113 Å². The molecule has 0 amide bonds. The summed E-state index contributed by atoms with van der Waals surface area (Å²) in [5.74, 6) is 0.340. The zero-order valence-corrected chi connectivity index (χ0v) is 11.3. The Morgan fingerprint density at radius 2 is 2.05 bits per heavy atom. The molecule has 102 valence electrons. The van der Waals surface area contributed by atoms with Crippen LogP contribution in [0.25, 0.3) is 0 Å². The smallest absolute Gasteiger partial charge is 0.181 e. The van der Waals surface area contributed by atoms with E-state index in [1.165, 1.54) is 24.8 Å². The van der Waals surface area contributed by atoms with Crippen molar-refractivity contribution in [2.75, 3.05) is 13.1 Å². The van der Waals surface area contributed by atoms with Crippen molar-refractivity contribution in [2.45, 2.75) is 51.0 Å². The molecule has 19 heavy (non-hydrogen) atoms. The molecule has 1 aromatic rings. The molecule has 1 saturated heterocycles. The fourth-order valence-electron chi connectivity index (χ4n) is 3.94. The molecule has 1 aromatic heterocycles. The molecule has 1 N–H and O–H groups in total. The minimum Gasteiger partial charge on any atom is -0.317 e. The van der Waals surface area contributed by atoms with E-state index in [1.807, 2.05) is 10.9 Å². The van der Waals surface area contributed by atoms with Gasteiger partial charge in [0.2, 0.25) is 0 Å². The van der Waals surface area contributed by atoms with E-state index in [0.29, 0.717) is 11.8 Å². The van der Waals surface area contributed by atoms with Gasteiger partial charge in [-0.3, -0.25) is 9.48 Å². The number of hydrogen-bond donors (Lipinski definition) is 1. The molecule has 0 radical (unpaired) electrons. The molecule has 0 atom stereocenters. The van der Waals surface area contributed by atoms with Gasteiger partial charge in [-0.25, -0.2) is 0 Å². The van der Waals surface area contributed by atoms with Crippen LogP contribution in [0.2, 0.25) is 0 Å². The monoisotopic (exact) mass is 259 g/mol. The summed E-state index contributed by atoms with van der Waals surface area (Å²) in [5, 5.41) is 7.93. The molecule has 2 heterocycles. The second-order valence-corrected chi connectivity index (χ2v) is 6.57. The Morgan fingerprint density at radius 1 is 1.26 bits per heavy atom. The van der Waals surface area contributed by atoms with E-state index >= 15 is 0 Å². The third-order valence-corrected chi connectivity index (χ3v) is 5.32. The SMILES string of the molecule is O=C1CC2(CCNCC2)Cc2cnn(C3CCC3)c21. The second kappa shape index (κ2) is 4.17. The number of Topliss-reactive ketones (excluding diaryl/α,β-unsaturated/α-hetero) is 1. The zero-order valence-electron chi connectivity index (χ0n) is 11.3. The highest BCUT2D eigenvalue weighted by molar-refractivity contribution is 5.97. The summed E-state index contributed by atoms with van der Waals surface area (Å²) in [4.78, 5) is 12.6. The van der Waals surface area contributed by atoms with E-state index in [9.17, 15) is 4.79 Å². The van der Waals surface area contributed by atoms with Crippen LogP contribution in [-0.2, 0) is 6.42 Å². The molecule has 2 fully saturated rings. The van der Waals surface area contributed by atoms with Crippen LogP contribution in [-0.4, -0.2) is 28.7 Å². The van der Waals surface area contributed by atoms with Gasteiger partial charge in [0.1, 0.15) is 5.69 Å². The lowest BCUT2D eigenvalue weighted by atomic mass is 9.67. The van der Waals surface area contributed by atoms with Gasteiger partial charge in [0.05, 0.1) is 12.2 Å². The molecule has 1 spiro atoms. The molecule has 0 unspecified atom stereocenters. The van der Waals surface area contributed by atoms with Crippen LogP contribution in [0.1, 0.15) is 60.6 Å². The maximum absolute atomic E-state index is 12.6. The molecule has 4 nitrogen and oxygen atoms in total. The van der Waals surface area contributed by atoms with Gasteiger partial charge in [-0.15, -0.1) is 0 Å². The van der Waals surface area contributed by atoms with Gasteiger partial charge in [-0.1, -0.05) is 0 Å². The van der Waals surface area contributed by atoms with Gasteiger partial charge in [-0.2, -0.15) is 5.10 Å². The minimum atomic E-state index is 0.225. The van der Waals surface area contributed by atoms with Crippen LogP contribution in [0.4, 0.5) is 0 Å². The number of nitrogens with one attached hydrogen (secondary N) is 1. The van der Waals surface area contributed by atoms with Crippen molar-refractivity contribution in [1.29, 1.82) is 0 Å². The third kappa shape index (κ3) is 1.76. The van der Waals surface area contributed by atoms with Crippen LogP contribution in [0.15, 0.2) is 6.20 Å². The molecule has 0 bridgehead atoms. The van der Waals surface area contributed by atoms with Crippen molar-refractivity contribution in [3.63, 3.8) is 0 Å². The standard InChI is InChI=1S/C15H21N3O/c19-13-9-15(4-6-16-7-5-15)8-11-10-17-18(14(11)13)12-2-1-3-12/h10,12,16H,1-9H2. The van der Waals surface area contributed by atoms with Crippen molar-refractivity contribution in [1.82, 2.24) is 15.1 Å². The Morgan fingerprint density at radius 3 is 2.74 bits per heavy atom. The molecule has 2 aliphatic carbocycles. The van der Waals surface area contributed by atoms with Gasteiger partial charge >= 0.3 is 0 Å². The molecule has 1 saturated carbocycles. The largest absolute Gasteiger partial charge is 0.317 e. The first-order chi connectivity index (χ1) is 9.27. The maximum Gasteiger partial charge on any atom is 0.181 e. The van der Waals surface area contributed by atoms with Crippen molar-refractivity contribution < 1.29 is 4.79 Å². The fraction of sp³-hybridized carbons (Fsp3) is 0.733. The highest BCUT2D eigenvalue weighted by Gasteiger charge is 2.42. The number of nitrogens with zero attached hydrogens (tertiary/aromatic N) is 2. The first kappa shape index (κ1) is 11.6. The van der Waals surface area contributed by atoms with Gasteiger partial charge in [-0.05, 0) is 57.0 Å². The predicted octanol–water partition coefficient (Wildman–Crippen LogP) is 2.11. The Bertz CT molecular complexity index is 509. The number of piperidine rings is 1. The van der Waals surface area contributed by atoms with Gasteiger partial charge < -0.3 is 5.32 Å². The quantitative estimate of drug-likeness (QED) is 0.840. The molecule has 4 heteroatoms. The van der Waals surface area contributed by atoms with E-state index in [4.69, 9.17) is 0 Å². The number of carbonyl (C=O) groups is 1. The highest BCUT2D eigenvalue weighted by Crippen LogP contribution is 2.43. The number of ketones is 1. The number of hydrogen-bond acceptors (Lipinski definition) is 3. The summed E-state index contributed by atoms with van der Waals surface area (Å²) in [6, 6.07) is 0.495. The Hall–Kier alpha value is -1.16. The normalized spacial score (nSPS) is 26.2. The molecule has 3 aliphatic rings. The average molecular weight is 259 g/mol. The Balaban J connectivity index is 1.68. The Kier molecular flexibility index (Phi) is 2.56. The molecule has 1 aliphatic heterocycles. The van der Waals surface area contributed by atoms with Crippen LogP contribution in [0, 0.1) is 5.41 Å². The summed E-state index contributed by atoms with van der Waals surface area (Å²) in [6.07, 6.45) is 9.69. The fourth-order valence-corrected chi connectivity index (χ4v) is 3.94. The van der Waals surface area contributed by atoms with E-state index in [2.05, 4.69) is 10.4 Å². The first-order valence-electron chi connectivity index (χ1n) is 7.58. The number of fused-ring (bicyclic) bond motifs is 1. The summed E-state index contributed by atoms with van der Waals surface area (Å²) in [5.41, 5.74) is 2.38. The van der Waals surface area contributed by atoms with Gasteiger partial charge in [0.25, 0.3) is 0 Å². The third-order valence-electron chi connectivity index (χ3n) is 5.32. The topological polar surface area (TPSA) is 46.9 Å². The van der Waals surface area contributed by atoms with E-state index < -0.39 is 0 Å². The van der Waals surface area contributed by atoms with Crippen molar-refractivity contribution >= 4 is 5.78 Å². The van der Waals surface area contributed by atoms with Gasteiger partial charge in [0, 0.05) is 12.0 Å². The minimum absolute atomic E-state index is 0.225. The summed E-state index contributed by atoms with van der Waals surface area (Å²) >= 11 is 0. The number of rotatable bonds is 1. The highest BCUT2D eigenvalue weighted by atomic mass is 16.1. The van der Waals surface area contributed by atoms with Gasteiger partial charge in [0.15, 0.2) is 5.78 Å². The summed E-state index contributed by atoms with van der Waals surface area (Å²) < 4.78 is 2.04. The van der Waals surface area contributed by atoms with E-state index in [0.717, 1.165) is 44.5 Å². The second-order valence-electron chi connectivity index (χ2n) is 6.57. The van der Waals surface area contributed by atoms with Crippen LogP contribution in [0.3, 0.4) is 0 Å². The summed E-state index contributed by atoms with van der Waals surface area (Å²) in [7, 11) is 0. The lowest BCUT2D eigenvalue weighted by Gasteiger charge is -2.40.